The van der Waals surface area contributed by atoms with Crippen LogP contribution in [-0.2, 0) is 0 Å². The van der Waals surface area contributed by atoms with E-state index in [-0.39, 0.29) is 0 Å². The van der Waals surface area contributed by atoms with Crippen molar-refractivity contribution in [2.24, 2.45) is 0 Å². The van der Waals surface area contributed by atoms with Crippen molar-refractivity contribution < 1.29 is 0 Å². The minimum atomic E-state index is 0.840. The van der Waals surface area contributed by atoms with Crippen LogP contribution >= 0.6 is 0 Å². The van der Waals surface area contributed by atoms with E-state index in [0.29, 0.717) is 0 Å². The van der Waals surface area contributed by atoms with E-state index in [1.54, 1.807) is 12.4 Å². The lowest BCUT2D eigenvalue weighted by Crippen LogP contribution is -1.89. The summed E-state index contributed by atoms with van der Waals surface area (Å²) in [5, 5.41) is 8.42. The molecule has 4 nitrogen and oxygen atoms in total. The van der Waals surface area contributed by atoms with Gasteiger partial charge < -0.3 is 0 Å². The molecule has 0 saturated carbocycles. The highest BCUT2D eigenvalue weighted by Gasteiger charge is 1.96. The molecule has 11 heavy (non-hydrogen) atoms. The van der Waals surface area contributed by atoms with Gasteiger partial charge in [0.1, 0.15) is 6.33 Å². The predicted molar refractivity (Wildman–Crippen MR) is 39.9 cm³/mol. The van der Waals surface area contributed by atoms with Crippen molar-refractivity contribution in [1.29, 1.82) is 0 Å². The molecule has 0 aliphatic rings. The second-order valence-corrected chi connectivity index (χ2v) is 2.25. The Morgan fingerprint density at radius 3 is 2.73 bits per heavy atom. The lowest BCUT2D eigenvalue weighted by molar-refractivity contribution is 1.03. The first-order chi connectivity index (χ1) is 5.38. The van der Waals surface area contributed by atoms with E-state index in [9.17, 15) is 0 Å². The molecule has 0 unspecified atom stereocenters. The molecular weight excluding hydrogens is 140 g/mol. The van der Waals surface area contributed by atoms with Crippen LogP contribution in [0.3, 0.4) is 0 Å². The van der Waals surface area contributed by atoms with Crippen LogP contribution in [0.5, 0.6) is 0 Å². The van der Waals surface area contributed by atoms with Crippen molar-refractivity contribution in [1.82, 2.24) is 20.2 Å². The fourth-order valence-electron chi connectivity index (χ4n) is 0.944. The highest BCUT2D eigenvalue weighted by molar-refractivity contribution is 5.78. The van der Waals surface area contributed by atoms with E-state index >= 15 is 0 Å². The van der Waals surface area contributed by atoms with Gasteiger partial charge in [-0.2, -0.15) is 10.2 Å². The third-order valence-corrected chi connectivity index (χ3v) is 1.55. The van der Waals surface area contributed by atoms with E-state index in [1.165, 1.54) is 6.33 Å². The number of hydrogen-bond acceptors (Lipinski definition) is 4. The molecule has 0 N–H and O–H groups in total. The summed E-state index contributed by atoms with van der Waals surface area (Å²) in [6.07, 6.45) is 4.83. The maximum Gasteiger partial charge on any atom is 0.116 e. The van der Waals surface area contributed by atoms with Gasteiger partial charge in [0, 0.05) is 5.39 Å². The first-order valence-corrected chi connectivity index (χ1v) is 3.26. The molecule has 0 bridgehead atoms. The number of aryl methyl sites for hydroxylation is 1. The number of hydrogen-bond donors (Lipinski definition) is 0. The Bertz CT molecular complexity index is 380. The normalized spacial score (nSPS) is 10.3. The molecule has 0 amide bonds. The van der Waals surface area contributed by atoms with E-state index in [0.717, 1.165) is 16.6 Å². The molecule has 0 aliphatic carbocycles. The van der Waals surface area contributed by atoms with Gasteiger partial charge in [-0.25, -0.2) is 9.97 Å². The van der Waals surface area contributed by atoms with Crippen LogP contribution < -0.4 is 0 Å². The first-order valence-electron chi connectivity index (χ1n) is 3.26. The minimum absolute atomic E-state index is 0.840. The lowest BCUT2D eigenvalue weighted by Gasteiger charge is -1.95. The van der Waals surface area contributed by atoms with Gasteiger partial charge in [0.2, 0.25) is 0 Å². The van der Waals surface area contributed by atoms with Crippen LogP contribution in [0, 0.1) is 6.92 Å². The summed E-state index contributed by atoms with van der Waals surface area (Å²) in [6.45, 7) is 1.92. The quantitative estimate of drug-likeness (QED) is 0.549. The molecule has 0 aliphatic heterocycles. The third kappa shape index (κ3) is 0.920. The zero-order valence-electron chi connectivity index (χ0n) is 6.02. The molecule has 0 saturated heterocycles. The number of nitrogens with zero attached hydrogens (tertiary/aromatic N) is 4. The average molecular weight is 146 g/mol. The van der Waals surface area contributed by atoms with Crippen molar-refractivity contribution in [2.45, 2.75) is 6.92 Å². The zero-order valence-corrected chi connectivity index (χ0v) is 6.02. The van der Waals surface area contributed by atoms with Crippen LogP contribution in [0.25, 0.3) is 10.9 Å². The molecule has 2 aromatic heterocycles. The molecule has 0 fully saturated rings. The maximum absolute atomic E-state index is 4.03. The number of aromatic nitrogens is 4. The van der Waals surface area contributed by atoms with Crippen molar-refractivity contribution in [2.75, 3.05) is 0 Å². The fraction of sp³-hybridized carbons (Fsp3) is 0.143. The van der Waals surface area contributed by atoms with Crippen LogP contribution in [0.15, 0.2) is 18.7 Å². The highest BCUT2D eigenvalue weighted by Crippen LogP contribution is 2.08. The van der Waals surface area contributed by atoms with Gasteiger partial charge in [0.15, 0.2) is 0 Å². The van der Waals surface area contributed by atoms with E-state index in [1.807, 2.05) is 6.92 Å². The van der Waals surface area contributed by atoms with Gasteiger partial charge in [-0.15, -0.1) is 0 Å². The second kappa shape index (κ2) is 2.23. The summed E-state index contributed by atoms with van der Waals surface area (Å²) < 4.78 is 0. The van der Waals surface area contributed by atoms with Crippen LogP contribution in [0.2, 0.25) is 0 Å². The molecule has 2 heterocycles. The van der Waals surface area contributed by atoms with Gasteiger partial charge in [-0.05, 0) is 6.92 Å². The van der Waals surface area contributed by atoms with E-state index in [4.69, 9.17) is 0 Å². The molecule has 0 aromatic carbocycles. The Hall–Kier alpha value is -1.58. The first kappa shape index (κ1) is 6.15. The maximum atomic E-state index is 4.03. The van der Waals surface area contributed by atoms with Crippen molar-refractivity contribution >= 4 is 10.9 Å². The highest BCUT2D eigenvalue weighted by atomic mass is 15.1. The SMILES string of the molecule is Cc1ncnc2cnncc12. The average Bonchev–Trinajstić information content (AvgIpc) is 2.06. The van der Waals surface area contributed by atoms with Crippen molar-refractivity contribution in [3.63, 3.8) is 0 Å². The van der Waals surface area contributed by atoms with Gasteiger partial charge >= 0.3 is 0 Å². The number of fused-ring (bicyclic) bond motifs is 1. The summed E-state index contributed by atoms with van der Waals surface area (Å²) in [4.78, 5) is 8.06. The summed E-state index contributed by atoms with van der Waals surface area (Å²) in [7, 11) is 0. The summed E-state index contributed by atoms with van der Waals surface area (Å²) >= 11 is 0. The molecule has 2 rings (SSSR count). The fourth-order valence-corrected chi connectivity index (χ4v) is 0.944. The Morgan fingerprint density at radius 2 is 1.91 bits per heavy atom. The summed E-state index contributed by atoms with van der Waals surface area (Å²) in [5.41, 5.74) is 1.78. The molecule has 0 radical (unpaired) electrons. The zero-order chi connectivity index (χ0) is 7.68. The van der Waals surface area contributed by atoms with Gasteiger partial charge in [0.05, 0.1) is 23.6 Å². The molecule has 0 atom stereocenters. The topological polar surface area (TPSA) is 51.6 Å². The Kier molecular flexibility index (Phi) is 1.25. The largest absolute Gasteiger partial charge is 0.241 e. The van der Waals surface area contributed by atoms with Gasteiger partial charge in [-0.3, -0.25) is 0 Å². The van der Waals surface area contributed by atoms with Crippen molar-refractivity contribution in [3.05, 3.63) is 24.4 Å². The van der Waals surface area contributed by atoms with Gasteiger partial charge in [0.25, 0.3) is 0 Å². The molecule has 4 heteroatoms. The standard InChI is InChI=1S/C7H6N4/c1-5-6-2-10-11-3-7(6)9-4-8-5/h2-4H,1H3. The van der Waals surface area contributed by atoms with Crippen LogP contribution in [0.4, 0.5) is 0 Å². The van der Waals surface area contributed by atoms with Crippen LogP contribution in [-0.4, -0.2) is 20.2 Å². The smallest absolute Gasteiger partial charge is 0.116 e. The Morgan fingerprint density at radius 1 is 1.09 bits per heavy atom. The molecule has 54 valence electrons. The van der Waals surface area contributed by atoms with E-state index in [2.05, 4.69) is 20.2 Å². The molecular formula is C7H6N4. The van der Waals surface area contributed by atoms with Crippen LogP contribution in [0.1, 0.15) is 5.69 Å². The summed E-state index contributed by atoms with van der Waals surface area (Å²) in [5.74, 6) is 0. The summed E-state index contributed by atoms with van der Waals surface area (Å²) in [6, 6.07) is 0. The minimum Gasteiger partial charge on any atom is -0.241 e. The van der Waals surface area contributed by atoms with E-state index < -0.39 is 0 Å². The predicted octanol–water partition coefficient (Wildman–Crippen LogP) is 0.728. The monoisotopic (exact) mass is 146 g/mol. The molecule has 0 spiro atoms. The van der Waals surface area contributed by atoms with Crippen molar-refractivity contribution in [3.8, 4) is 0 Å². The lowest BCUT2D eigenvalue weighted by atomic mass is 10.3. The van der Waals surface area contributed by atoms with Gasteiger partial charge in [-0.1, -0.05) is 0 Å². The second-order valence-electron chi connectivity index (χ2n) is 2.25. The Labute approximate surface area is 63.3 Å². The molecule has 2 aromatic rings. The number of rotatable bonds is 0. The third-order valence-electron chi connectivity index (χ3n) is 1.55. The Balaban J connectivity index is 2.91.